The van der Waals surface area contributed by atoms with Crippen LogP contribution in [0, 0.1) is 11.6 Å². The number of methoxy groups -OCH3 is 1. The van der Waals surface area contributed by atoms with Gasteiger partial charge in [-0.15, -0.1) is 0 Å². The number of hydrogen-bond donors (Lipinski definition) is 0. The van der Waals surface area contributed by atoms with Crippen molar-refractivity contribution < 1.29 is 27.8 Å². The van der Waals surface area contributed by atoms with Crippen LogP contribution in [0.1, 0.15) is 78.6 Å². The number of benzene rings is 1. The standard InChI is InChI=1S/C37H43F2N7O5/c1-18(2)27-31(28(19(3)4)41-17-40-27)46-33-21(14-23(39)29(42-33)26-22(38)12-11-13-25(26)50-10)30-32(35(46)48)43(9)34(47)24-16-44(20(5)15-45(24)30)36(49)51-37(6,7)8/h11-14,17-20,24H,15-16H2,1-10H3/t20-,24-/m1/s1. The Morgan fingerprint density at radius 1 is 0.961 bits per heavy atom. The minimum Gasteiger partial charge on any atom is -0.496 e. The molecule has 1 aromatic carbocycles. The topological polar surface area (TPSA) is 123 Å². The minimum atomic E-state index is -0.920. The first-order valence-corrected chi connectivity index (χ1v) is 17.0. The first-order valence-electron chi connectivity index (χ1n) is 17.0. The Kier molecular flexibility index (Phi) is 9.01. The smallest absolute Gasteiger partial charge is 0.410 e. The number of likely N-dealkylation sites (N-methyl/N-ethyl adjacent to an activating group) is 1. The largest absolute Gasteiger partial charge is 0.496 e. The highest BCUT2D eigenvalue weighted by molar-refractivity contribution is 6.12. The van der Waals surface area contributed by atoms with E-state index in [1.807, 2.05) is 34.6 Å². The summed E-state index contributed by atoms with van der Waals surface area (Å²) in [6.07, 6.45) is 0.868. The summed E-state index contributed by atoms with van der Waals surface area (Å²) >= 11 is 0. The van der Waals surface area contributed by atoms with E-state index < -0.39 is 46.9 Å². The molecule has 2 amide bonds. The van der Waals surface area contributed by atoms with E-state index in [0.29, 0.717) is 17.1 Å². The van der Waals surface area contributed by atoms with Gasteiger partial charge < -0.3 is 24.2 Å². The molecule has 2 aliphatic rings. The number of rotatable bonds is 5. The van der Waals surface area contributed by atoms with E-state index in [0.717, 1.165) is 0 Å². The van der Waals surface area contributed by atoms with Crippen molar-refractivity contribution in [1.29, 1.82) is 0 Å². The SMILES string of the molecule is COc1cccc(F)c1-c1nc2c(cc1F)c1c(c(=O)n2-c2c(C(C)C)ncnc2C(C)C)N(C)C(=O)[C@H]2CN(C(=O)OC(C)(C)C)[C@H](C)CN12. The molecule has 2 aliphatic heterocycles. The fourth-order valence-electron chi connectivity index (χ4n) is 6.96. The van der Waals surface area contributed by atoms with Crippen LogP contribution in [-0.4, -0.2) is 81.4 Å². The molecule has 0 spiro atoms. The molecule has 2 atom stereocenters. The molecule has 0 aliphatic carbocycles. The molecule has 0 radical (unpaired) electrons. The van der Waals surface area contributed by atoms with Crippen molar-refractivity contribution in [2.24, 2.45) is 0 Å². The maximum Gasteiger partial charge on any atom is 0.410 e. The van der Waals surface area contributed by atoms with Crippen molar-refractivity contribution in [3.63, 3.8) is 0 Å². The van der Waals surface area contributed by atoms with Gasteiger partial charge in [-0.2, -0.15) is 0 Å². The molecule has 12 nitrogen and oxygen atoms in total. The minimum absolute atomic E-state index is 0.00681. The Morgan fingerprint density at radius 2 is 1.61 bits per heavy atom. The molecule has 270 valence electrons. The lowest BCUT2D eigenvalue weighted by molar-refractivity contribution is -0.121. The third kappa shape index (κ3) is 5.93. The van der Waals surface area contributed by atoms with Crippen LogP contribution < -0.4 is 20.1 Å². The van der Waals surface area contributed by atoms with Crippen molar-refractivity contribution in [3.8, 4) is 22.7 Å². The molecule has 3 aromatic heterocycles. The summed E-state index contributed by atoms with van der Waals surface area (Å²) in [5.74, 6) is -2.37. The lowest BCUT2D eigenvalue weighted by Crippen LogP contribution is -2.66. The molecule has 0 bridgehead atoms. The molecule has 51 heavy (non-hydrogen) atoms. The number of pyridine rings is 2. The first kappa shape index (κ1) is 35.7. The third-order valence-electron chi connectivity index (χ3n) is 9.29. The number of hydrogen-bond acceptors (Lipinski definition) is 9. The average Bonchev–Trinajstić information content (AvgIpc) is 3.05. The number of aromatic nitrogens is 4. The van der Waals surface area contributed by atoms with Crippen LogP contribution in [-0.2, 0) is 9.53 Å². The van der Waals surface area contributed by atoms with Crippen molar-refractivity contribution in [3.05, 3.63) is 64.0 Å². The number of piperazine rings is 1. The Labute approximate surface area is 295 Å². The van der Waals surface area contributed by atoms with Gasteiger partial charge in [0.1, 0.15) is 40.9 Å². The van der Waals surface area contributed by atoms with Crippen LogP contribution >= 0.6 is 0 Å². The van der Waals surface area contributed by atoms with E-state index >= 15 is 13.6 Å². The lowest BCUT2D eigenvalue weighted by Gasteiger charge is -2.49. The summed E-state index contributed by atoms with van der Waals surface area (Å²) in [5, 5.41) is 0.205. The van der Waals surface area contributed by atoms with Gasteiger partial charge in [0, 0.05) is 25.0 Å². The van der Waals surface area contributed by atoms with Gasteiger partial charge in [-0.05, 0) is 57.7 Å². The quantitative estimate of drug-likeness (QED) is 0.240. The summed E-state index contributed by atoms with van der Waals surface area (Å²) in [7, 11) is 2.84. The predicted octanol–water partition coefficient (Wildman–Crippen LogP) is 6.17. The molecule has 1 fully saturated rings. The van der Waals surface area contributed by atoms with Crippen LogP contribution in [0.25, 0.3) is 28.0 Å². The van der Waals surface area contributed by atoms with Gasteiger partial charge in [-0.3, -0.25) is 14.2 Å². The zero-order valence-electron chi connectivity index (χ0n) is 30.5. The fraction of sp³-hybridized carbons (Fsp3) is 0.459. The van der Waals surface area contributed by atoms with Crippen molar-refractivity contribution in [2.75, 3.05) is 37.0 Å². The van der Waals surface area contributed by atoms with E-state index in [2.05, 4.69) is 9.97 Å². The molecular formula is C37H43F2N7O5. The van der Waals surface area contributed by atoms with Gasteiger partial charge in [0.15, 0.2) is 11.5 Å². The molecular weight excluding hydrogens is 660 g/mol. The molecule has 0 N–H and O–H groups in total. The summed E-state index contributed by atoms with van der Waals surface area (Å²) in [6.45, 7) is 14.9. The number of carbonyl (C=O) groups is 2. The van der Waals surface area contributed by atoms with Crippen LogP contribution in [0.15, 0.2) is 35.4 Å². The predicted molar refractivity (Wildman–Crippen MR) is 190 cm³/mol. The maximum absolute atomic E-state index is 16.6. The van der Waals surface area contributed by atoms with E-state index in [1.54, 1.807) is 25.7 Å². The maximum atomic E-state index is 16.6. The molecule has 0 saturated carbocycles. The van der Waals surface area contributed by atoms with Crippen molar-refractivity contribution in [2.45, 2.75) is 84.9 Å². The van der Waals surface area contributed by atoms with E-state index in [9.17, 15) is 9.59 Å². The van der Waals surface area contributed by atoms with Gasteiger partial charge in [-0.1, -0.05) is 33.8 Å². The normalized spacial score (nSPS) is 17.7. The van der Waals surface area contributed by atoms with Gasteiger partial charge in [0.25, 0.3) is 11.5 Å². The highest BCUT2D eigenvalue weighted by Crippen LogP contribution is 2.44. The molecule has 4 aromatic rings. The molecule has 6 rings (SSSR count). The Bertz CT molecular complexity index is 2100. The van der Waals surface area contributed by atoms with Gasteiger partial charge in [0.2, 0.25) is 0 Å². The van der Waals surface area contributed by atoms with Gasteiger partial charge in [-0.25, -0.2) is 28.5 Å². The highest BCUT2D eigenvalue weighted by atomic mass is 19.1. The number of carbonyl (C=O) groups excluding carboxylic acids is 2. The number of anilines is 2. The highest BCUT2D eigenvalue weighted by Gasteiger charge is 2.47. The number of halogens is 2. The summed E-state index contributed by atoms with van der Waals surface area (Å²) < 4.78 is 44.5. The van der Waals surface area contributed by atoms with Crippen molar-refractivity contribution in [1.82, 2.24) is 24.4 Å². The number of nitrogens with zero attached hydrogens (tertiary/aromatic N) is 7. The second kappa shape index (κ2) is 12.9. The zero-order chi connectivity index (χ0) is 37.3. The van der Waals surface area contributed by atoms with Crippen molar-refractivity contribution >= 4 is 34.4 Å². The number of amides is 2. The second-order valence-electron chi connectivity index (χ2n) is 14.7. The summed E-state index contributed by atoms with van der Waals surface area (Å²) in [4.78, 5) is 60.9. The van der Waals surface area contributed by atoms with Gasteiger partial charge in [0.05, 0.1) is 42.0 Å². The summed E-state index contributed by atoms with van der Waals surface area (Å²) in [6, 6.07) is 3.96. The number of ether oxygens (including phenoxy) is 2. The number of fused-ring (bicyclic) bond motifs is 5. The monoisotopic (exact) mass is 703 g/mol. The Balaban J connectivity index is 1.72. The summed E-state index contributed by atoms with van der Waals surface area (Å²) in [5.41, 5.74) is -0.211. The Morgan fingerprint density at radius 3 is 2.20 bits per heavy atom. The van der Waals surface area contributed by atoms with Crippen LogP contribution in [0.2, 0.25) is 0 Å². The molecule has 5 heterocycles. The van der Waals surface area contributed by atoms with E-state index in [4.69, 9.17) is 14.5 Å². The first-order chi connectivity index (χ1) is 24.0. The zero-order valence-corrected chi connectivity index (χ0v) is 30.5. The van der Waals surface area contributed by atoms with E-state index in [-0.39, 0.29) is 64.3 Å². The van der Waals surface area contributed by atoms with Crippen LogP contribution in [0.3, 0.4) is 0 Å². The molecule has 0 unspecified atom stereocenters. The molecule has 14 heteroatoms. The average molecular weight is 704 g/mol. The Hall–Kier alpha value is -5.14. The van der Waals surface area contributed by atoms with Gasteiger partial charge >= 0.3 is 6.09 Å². The van der Waals surface area contributed by atoms with Crippen LogP contribution in [0.5, 0.6) is 5.75 Å². The molecule has 1 saturated heterocycles. The van der Waals surface area contributed by atoms with Crippen LogP contribution in [0.4, 0.5) is 25.0 Å². The second-order valence-corrected chi connectivity index (χ2v) is 14.7. The third-order valence-corrected chi connectivity index (χ3v) is 9.29. The van der Waals surface area contributed by atoms with E-state index in [1.165, 1.54) is 59.1 Å². The lowest BCUT2D eigenvalue weighted by atomic mass is 9.97. The fourth-order valence-corrected chi connectivity index (χ4v) is 6.96.